The normalized spacial score (nSPS) is 18.7. The number of nitrogens with zero attached hydrogens (tertiary/aromatic N) is 1. The van der Waals surface area contributed by atoms with Crippen molar-refractivity contribution in [2.45, 2.75) is 31.4 Å². The number of rotatable bonds is 5. The highest BCUT2D eigenvalue weighted by Crippen LogP contribution is 2.33. The molecule has 0 radical (unpaired) electrons. The fraction of sp³-hybridized carbons (Fsp3) is 0.381. The zero-order chi connectivity index (χ0) is 18.0. The predicted octanol–water partition coefficient (Wildman–Crippen LogP) is 3.02. The number of carbonyl (C=O) groups is 1. The maximum absolute atomic E-state index is 12.4. The van der Waals surface area contributed by atoms with Gasteiger partial charge in [0.15, 0.2) is 17.3 Å². The van der Waals surface area contributed by atoms with Gasteiger partial charge >= 0.3 is 0 Å². The van der Waals surface area contributed by atoms with Crippen LogP contribution in [0.3, 0.4) is 0 Å². The molecule has 1 N–H and O–H groups in total. The lowest BCUT2D eigenvalue weighted by molar-refractivity contribution is -0.0241. The van der Waals surface area contributed by atoms with Crippen LogP contribution >= 0.6 is 0 Å². The van der Waals surface area contributed by atoms with Gasteiger partial charge in [0.05, 0.1) is 5.60 Å². The first-order valence-corrected chi connectivity index (χ1v) is 9.03. The van der Waals surface area contributed by atoms with E-state index < -0.39 is 5.60 Å². The lowest BCUT2D eigenvalue weighted by atomic mass is 9.85. The summed E-state index contributed by atoms with van der Waals surface area (Å²) in [5, 5.41) is 10.8. The second-order valence-corrected chi connectivity index (χ2v) is 7.15. The van der Waals surface area contributed by atoms with Crippen LogP contribution in [-0.4, -0.2) is 41.3 Å². The van der Waals surface area contributed by atoms with Crippen molar-refractivity contribution in [3.05, 3.63) is 59.7 Å². The Kier molecular flexibility index (Phi) is 4.66. The van der Waals surface area contributed by atoms with Crippen molar-refractivity contribution < 1.29 is 19.4 Å². The Hall–Kier alpha value is -2.37. The van der Waals surface area contributed by atoms with Crippen molar-refractivity contribution in [1.29, 1.82) is 0 Å². The number of hydrogen-bond acceptors (Lipinski definition) is 5. The number of likely N-dealkylation sites (tertiary alicyclic amines) is 1. The van der Waals surface area contributed by atoms with E-state index in [0.29, 0.717) is 18.4 Å². The van der Waals surface area contributed by atoms with Gasteiger partial charge in [-0.05, 0) is 30.5 Å². The summed E-state index contributed by atoms with van der Waals surface area (Å²) in [6.07, 6.45) is 1.40. The van der Waals surface area contributed by atoms with Crippen LogP contribution in [0.5, 0.6) is 11.5 Å². The van der Waals surface area contributed by atoms with Crippen LogP contribution in [0.25, 0.3) is 0 Å². The summed E-state index contributed by atoms with van der Waals surface area (Å²) in [6.45, 7) is 2.63. The van der Waals surface area contributed by atoms with Crippen LogP contribution in [0.1, 0.15) is 35.2 Å². The molecule has 136 valence electrons. The van der Waals surface area contributed by atoms with Gasteiger partial charge in [-0.1, -0.05) is 36.4 Å². The Morgan fingerprint density at radius 3 is 2.54 bits per heavy atom. The minimum Gasteiger partial charge on any atom is -0.454 e. The molecule has 2 aliphatic rings. The van der Waals surface area contributed by atoms with E-state index in [9.17, 15) is 9.90 Å². The maximum atomic E-state index is 12.4. The number of benzene rings is 2. The smallest absolute Gasteiger partial charge is 0.231 e. The van der Waals surface area contributed by atoms with Gasteiger partial charge in [0.1, 0.15) is 0 Å². The Labute approximate surface area is 153 Å². The third-order valence-corrected chi connectivity index (χ3v) is 5.22. The van der Waals surface area contributed by atoms with E-state index in [-0.39, 0.29) is 19.0 Å². The summed E-state index contributed by atoms with van der Waals surface area (Å²) in [4.78, 5) is 14.7. The lowest BCUT2D eigenvalue weighted by Crippen LogP contribution is -2.45. The molecule has 0 aliphatic carbocycles. The van der Waals surface area contributed by atoms with Gasteiger partial charge in [0.2, 0.25) is 6.79 Å². The molecule has 0 spiro atoms. The van der Waals surface area contributed by atoms with E-state index in [4.69, 9.17) is 9.47 Å². The molecule has 4 rings (SSSR count). The third kappa shape index (κ3) is 3.74. The van der Waals surface area contributed by atoms with Gasteiger partial charge in [-0.25, -0.2) is 0 Å². The molecule has 0 aromatic heterocycles. The summed E-state index contributed by atoms with van der Waals surface area (Å²) >= 11 is 0. The van der Waals surface area contributed by atoms with E-state index in [0.717, 1.165) is 31.1 Å². The summed E-state index contributed by atoms with van der Waals surface area (Å²) in [6, 6.07) is 15.2. The number of piperidine rings is 1. The molecule has 1 saturated heterocycles. The Morgan fingerprint density at radius 1 is 1.04 bits per heavy atom. The molecule has 0 saturated carbocycles. The number of aliphatic hydroxyl groups is 1. The van der Waals surface area contributed by atoms with Gasteiger partial charge in [-0.3, -0.25) is 9.69 Å². The maximum Gasteiger partial charge on any atom is 0.231 e. The molecule has 0 unspecified atom stereocenters. The van der Waals surface area contributed by atoms with E-state index in [2.05, 4.69) is 4.90 Å². The third-order valence-electron chi connectivity index (χ3n) is 5.22. The van der Waals surface area contributed by atoms with Crippen molar-refractivity contribution >= 4 is 5.78 Å². The second kappa shape index (κ2) is 7.09. The highest BCUT2D eigenvalue weighted by atomic mass is 16.7. The number of ether oxygens (including phenoxy) is 2. The topological polar surface area (TPSA) is 59.0 Å². The molecule has 2 aliphatic heterocycles. The number of Topliss-reactive ketones (excluding diaryl/α,β-unsaturated/α-hetero) is 1. The highest BCUT2D eigenvalue weighted by molar-refractivity contribution is 5.96. The SMILES string of the molecule is O=C(CC1(O)CCN(Cc2ccc3c(c2)OCO3)CC1)c1ccccc1. The van der Waals surface area contributed by atoms with E-state index in [1.807, 2.05) is 36.4 Å². The first-order chi connectivity index (χ1) is 12.6. The molecule has 2 aromatic carbocycles. The molecule has 5 heteroatoms. The van der Waals surface area contributed by atoms with Crippen LogP contribution in [-0.2, 0) is 6.54 Å². The minimum atomic E-state index is -0.904. The van der Waals surface area contributed by atoms with Crippen LogP contribution in [0.4, 0.5) is 0 Å². The molecule has 0 atom stereocenters. The van der Waals surface area contributed by atoms with Crippen molar-refractivity contribution in [3.63, 3.8) is 0 Å². The quantitative estimate of drug-likeness (QED) is 0.838. The zero-order valence-electron chi connectivity index (χ0n) is 14.7. The fourth-order valence-corrected chi connectivity index (χ4v) is 3.63. The van der Waals surface area contributed by atoms with Crippen molar-refractivity contribution in [2.75, 3.05) is 19.9 Å². The average molecular weight is 353 g/mol. The van der Waals surface area contributed by atoms with Crippen LogP contribution in [0, 0.1) is 0 Å². The van der Waals surface area contributed by atoms with Gasteiger partial charge in [0, 0.05) is 31.6 Å². The molecule has 26 heavy (non-hydrogen) atoms. The first kappa shape index (κ1) is 17.1. The molecule has 1 fully saturated rings. The molecule has 2 aromatic rings. The number of hydrogen-bond donors (Lipinski definition) is 1. The van der Waals surface area contributed by atoms with Crippen LogP contribution < -0.4 is 9.47 Å². The van der Waals surface area contributed by atoms with Gasteiger partial charge in [-0.2, -0.15) is 0 Å². The van der Waals surface area contributed by atoms with Gasteiger partial charge in [-0.15, -0.1) is 0 Å². The number of carbonyl (C=O) groups excluding carboxylic acids is 1. The standard InChI is InChI=1S/C21H23NO4/c23-18(17-4-2-1-3-5-17)13-21(24)8-10-22(11-9-21)14-16-6-7-19-20(12-16)26-15-25-19/h1-7,12,24H,8-11,13-15H2. The van der Waals surface area contributed by atoms with Crippen molar-refractivity contribution in [1.82, 2.24) is 4.90 Å². The first-order valence-electron chi connectivity index (χ1n) is 9.03. The predicted molar refractivity (Wildman–Crippen MR) is 97.4 cm³/mol. The molecule has 5 nitrogen and oxygen atoms in total. The molecular weight excluding hydrogens is 330 g/mol. The number of fused-ring (bicyclic) bond motifs is 1. The Balaban J connectivity index is 1.32. The van der Waals surface area contributed by atoms with E-state index in [1.165, 1.54) is 5.56 Å². The highest BCUT2D eigenvalue weighted by Gasteiger charge is 2.34. The largest absolute Gasteiger partial charge is 0.454 e. The van der Waals surface area contributed by atoms with Gasteiger partial charge in [0.25, 0.3) is 0 Å². The number of ketones is 1. The fourth-order valence-electron chi connectivity index (χ4n) is 3.63. The van der Waals surface area contributed by atoms with E-state index in [1.54, 1.807) is 12.1 Å². The summed E-state index contributed by atoms with van der Waals surface area (Å²) in [5.74, 6) is 1.60. The molecule has 0 bridgehead atoms. The lowest BCUT2D eigenvalue weighted by Gasteiger charge is -2.38. The van der Waals surface area contributed by atoms with Crippen molar-refractivity contribution in [2.24, 2.45) is 0 Å². The van der Waals surface area contributed by atoms with Crippen LogP contribution in [0.2, 0.25) is 0 Å². The molecular formula is C21H23NO4. The van der Waals surface area contributed by atoms with Crippen LogP contribution in [0.15, 0.2) is 48.5 Å². The zero-order valence-corrected chi connectivity index (χ0v) is 14.7. The average Bonchev–Trinajstić information content (AvgIpc) is 3.12. The summed E-state index contributed by atoms with van der Waals surface area (Å²) in [5.41, 5.74) is 0.932. The minimum absolute atomic E-state index is 0.0114. The van der Waals surface area contributed by atoms with Crippen molar-refractivity contribution in [3.8, 4) is 11.5 Å². The monoisotopic (exact) mass is 353 g/mol. The Morgan fingerprint density at radius 2 is 1.77 bits per heavy atom. The molecule has 0 amide bonds. The summed E-state index contributed by atoms with van der Waals surface area (Å²) in [7, 11) is 0. The second-order valence-electron chi connectivity index (χ2n) is 7.15. The van der Waals surface area contributed by atoms with Gasteiger partial charge < -0.3 is 14.6 Å². The molecule has 2 heterocycles. The van der Waals surface area contributed by atoms with E-state index >= 15 is 0 Å². The Bertz CT molecular complexity index is 782. The summed E-state index contributed by atoms with van der Waals surface area (Å²) < 4.78 is 10.8.